The normalized spacial score (nSPS) is 12.1. The van der Waals surface area contributed by atoms with E-state index < -0.39 is 34.4 Å². The zero-order valence-corrected chi connectivity index (χ0v) is 12.4. The molecule has 2 aromatic rings. The predicted molar refractivity (Wildman–Crippen MR) is 75.9 cm³/mol. The summed E-state index contributed by atoms with van der Waals surface area (Å²) in [6, 6.07) is 6.19. The lowest BCUT2D eigenvalue weighted by atomic mass is 10.1. The van der Waals surface area contributed by atoms with Gasteiger partial charge >= 0.3 is 12.4 Å². The average molecular weight is 368 g/mol. The standard InChI is InChI=1S/C15H8ClF6NO/c16-12-5-4-10(7-11(12)15(20,21)22)23-13(24)8-2-1-3-9(6-8)14(17,18)19/h1-7H,(H,23,24). The molecule has 2 rings (SSSR count). The Bertz CT molecular complexity index is 769. The van der Waals surface area contributed by atoms with E-state index in [2.05, 4.69) is 5.32 Å². The van der Waals surface area contributed by atoms with E-state index >= 15 is 0 Å². The number of anilines is 1. The summed E-state index contributed by atoms with van der Waals surface area (Å²) in [7, 11) is 0. The molecule has 128 valence electrons. The highest BCUT2D eigenvalue weighted by molar-refractivity contribution is 6.31. The van der Waals surface area contributed by atoms with E-state index in [9.17, 15) is 31.1 Å². The number of carbonyl (C=O) groups is 1. The van der Waals surface area contributed by atoms with Crippen molar-refractivity contribution < 1.29 is 31.1 Å². The third-order valence-electron chi connectivity index (χ3n) is 2.98. The quantitative estimate of drug-likeness (QED) is 0.685. The molecule has 0 spiro atoms. The number of rotatable bonds is 2. The van der Waals surface area contributed by atoms with Gasteiger partial charge in [0.15, 0.2) is 0 Å². The molecular weight excluding hydrogens is 360 g/mol. The summed E-state index contributed by atoms with van der Waals surface area (Å²) < 4.78 is 76.1. The fourth-order valence-corrected chi connectivity index (χ4v) is 2.08. The van der Waals surface area contributed by atoms with Crippen LogP contribution in [0.25, 0.3) is 0 Å². The van der Waals surface area contributed by atoms with Crippen LogP contribution >= 0.6 is 11.6 Å². The third-order valence-corrected chi connectivity index (χ3v) is 3.31. The SMILES string of the molecule is O=C(Nc1ccc(Cl)c(C(F)(F)F)c1)c1cccc(C(F)(F)F)c1. The summed E-state index contributed by atoms with van der Waals surface area (Å²) in [6.45, 7) is 0. The second-order valence-corrected chi connectivity index (χ2v) is 5.13. The van der Waals surface area contributed by atoms with E-state index in [1.807, 2.05) is 0 Å². The lowest BCUT2D eigenvalue weighted by molar-refractivity contribution is -0.138. The number of benzene rings is 2. The molecule has 0 aliphatic rings. The Morgan fingerprint density at radius 1 is 0.917 bits per heavy atom. The average Bonchev–Trinajstić information content (AvgIpc) is 2.47. The van der Waals surface area contributed by atoms with E-state index in [-0.39, 0.29) is 11.3 Å². The van der Waals surface area contributed by atoms with Gasteiger partial charge in [0.25, 0.3) is 5.91 Å². The molecular formula is C15H8ClF6NO. The highest BCUT2D eigenvalue weighted by Crippen LogP contribution is 2.36. The largest absolute Gasteiger partial charge is 0.417 e. The monoisotopic (exact) mass is 367 g/mol. The molecule has 1 amide bonds. The number of carbonyl (C=O) groups excluding carboxylic acids is 1. The van der Waals surface area contributed by atoms with Crippen LogP contribution in [0.4, 0.5) is 32.0 Å². The van der Waals surface area contributed by atoms with Crippen molar-refractivity contribution in [2.75, 3.05) is 5.32 Å². The Morgan fingerprint density at radius 3 is 2.17 bits per heavy atom. The minimum atomic E-state index is -4.73. The van der Waals surface area contributed by atoms with Gasteiger partial charge in [-0.3, -0.25) is 4.79 Å². The number of hydrogen-bond donors (Lipinski definition) is 1. The number of alkyl halides is 6. The first-order valence-corrected chi connectivity index (χ1v) is 6.71. The minimum Gasteiger partial charge on any atom is -0.322 e. The molecule has 0 radical (unpaired) electrons. The lowest BCUT2D eigenvalue weighted by Gasteiger charge is -2.12. The van der Waals surface area contributed by atoms with Crippen LogP contribution in [0.2, 0.25) is 5.02 Å². The van der Waals surface area contributed by atoms with Crippen molar-refractivity contribution in [1.82, 2.24) is 0 Å². The molecule has 24 heavy (non-hydrogen) atoms. The second-order valence-electron chi connectivity index (χ2n) is 4.73. The molecule has 0 fully saturated rings. The molecule has 0 saturated heterocycles. The molecule has 0 bridgehead atoms. The highest BCUT2D eigenvalue weighted by atomic mass is 35.5. The molecule has 0 aliphatic heterocycles. The van der Waals surface area contributed by atoms with Crippen molar-refractivity contribution in [2.24, 2.45) is 0 Å². The maximum absolute atomic E-state index is 12.8. The van der Waals surface area contributed by atoms with Gasteiger partial charge in [0.05, 0.1) is 16.1 Å². The van der Waals surface area contributed by atoms with E-state index in [4.69, 9.17) is 11.6 Å². The van der Waals surface area contributed by atoms with Crippen LogP contribution in [0, 0.1) is 0 Å². The second kappa shape index (κ2) is 6.35. The Labute approximate surface area is 137 Å². The molecule has 2 nitrogen and oxygen atoms in total. The van der Waals surface area contributed by atoms with Crippen LogP contribution in [0.5, 0.6) is 0 Å². The molecule has 0 saturated carbocycles. The van der Waals surface area contributed by atoms with Crippen molar-refractivity contribution in [2.45, 2.75) is 12.4 Å². The Morgan fingerprint density at radius 2 is 1.58 bits per heavy atom. The zero-order chi connectivity index (χ0) is 18.1. The Kier molecular flexibility index (Phi) is 4.80. The first-order valence-electron chi connectivity index (χ1n) is 6.34. The van der Waals surface area contributed by atoms with Crippen LogP contribution in [-0.4, -0.2) is 5.91 Å². The summed E-state index contributed by atoms with van der Waals surface area (Å²) in [5.41, 5.74) is -2.78. The maximum atomic E-state index is 12.8. The molecule has 0 aliphatic carbocycles. The van der Waals surface area contributed by atoms with Gasteiger partial charge in [-0.1, -0.05) is 17.7 Å². The smallest absolute Gasteiger partial charge is 0.322 e. The fourth-order valence-electron chi connectivity index (χ4n) is 1.86. The van der Waals surface area contributed by atoms with Crippen molar-refractivity contribution in [3.63, 3.8) is 0 Å². The van der Waals surface area contributed by atoms with Gasteiger partial charge in [0, 0.05) is 11.3 Å². The van der Waals surface area contributed by atoms with E-state index in [1.54, 1.807) is 0 Å². The molecule has 0 unspecified atom stereocenters. The Hall–Kier alpha value is -2.22. The number of amides is 1. The van der Waals surface area contributed by atoms with Crippen molar-refractivity contribution >= 4 is 23.2 Å². The topological polar surface area (TPSA) is 29.1 Å². The minimum absolute atomic E-state index is 0.242. The molecule has 0 atom stereocenters. The summed E-state index contributed by atoms with van der Waals surface area (Å²) in [5, 5.41) is 1.56. The summed E-state index contributed by atoms with van der Waals surface area (Å²) in [6.07, 6.45) is -9.37. The van der Waals surface area contributed by atoms with Crippen LogP contribution in [0.3, 0.4) is 0 Å². The number of halogens is 7. The lowest BCUT2D eigenvalue weighted by Crippen LogP contribution is -2.15. The van der Waals surface area contributed by atoms with Crippen molar-refractivity contribution in [3.05, 3.63) is 64.2 Å². The van der Waals surface area contributed by atoms with Gasteiger partial charge in [-0.2, -0.15) is 26.3 Å². The van der Waals surface area contributed by atoms with Gasteiger partial charge in [0.1, 0.15) is 0 Å². The van der Waals surface area contributed by atoms with Gasteiger partial charge in [-0.15, -0.1) is 0 Å². The van der Waals surface area contributed by atoms with E-state index in [1.165, 1.54) is 0 Å². The first-order chi connectivity index (χ1) is 11.0. The van der Waals surface area contributed by atoms with E-state index in [0.29, 0.717) is 12.1 Å². The molecule has 1 N–H and O–H groups in total. The maximum Gasteiger partial charge on any atom is 0.417 e. The van der Waals surface area contributed by atoms with Gasteiger partial charge in [-0.05, 0) is 36.4 Å². The molecule has 0 aromatic heterocycles. The van der Waals surface area contributed by atoms with Crippen molar-refractivity contribution in [1.29, 1.82) is 0 Å². The van der Waals surface area contributed by atoms with Gasteiger partial charge in [0.2, 0.25) is 0 Å². The van der Waals surface area contributed by atoms with Gasteiger partial charge in [-0.25, -0.2) is 0 Å². The van der Waals surface area contributed by atoms with E-state index in [0.717, 1.165) is 30.3 Å². The summed E-state index contributed by atoms with van der Waals surface area (Å²) in [5.74, 6) is -0.975. The van der Waals surface area contributed by atoms with Crippen LogP contribution in [-0.2, 0) is 12.4 Å². The molecule has 0 heterocycles. The predicted octanol–water partition coefficient (Wildman–Crippen LogP) is 5.63. The highest BCUT2D eigenvalue weighted by Gasteiger charge is 2.34. The van der Waals surface area contributed by atoms with Crippen molar-refractivity contribution in [3.8, 4) is 0 Å². The third kappa shape index (κ3) is 4.19. The van der Waals surface area contributed by atoms with Crippen LogP contribution in [0.15, 0.2) is 42.5 Å². The fraction of sp³-hybridized carbons (Fsp3) is 0.133. The summed E-state index contributed by atoms with van der Waals surface area (Å²) in [4.78, 5) is 11.9. The molecule has 9 heteroatoms. The Balaban J connectivity index is 2.28. The zero-order valence-electron chi connectivity index (χ0n) is 11.6. The van der Waals surface area contributed by atoms with Gasteiger partial charge < -0.3 is 5.32 Å². The number of nitrogens with one attached hydrogen (secondary N) is 1. The van der Waals surface area contributed by atoms with Crippen LogP contribution < -0.4 is 5.32 Å². The van der Waals surface area contributed by atoms with Crippen LogP contribution in [0.1, 0.15) is 21.5 Å². The summed E-state index contributed by atoms with van der Waals surface area (Å²) >= 11 is 5.45. The molecule has 2 aromatic carbocycles. The number of hydrogen-bond acceptors (Lipinski definition) is 1. The first kappa shape index (κ1) is 18.1.